The molecule has 176 valence electrons. The van der Waals surface area contributed by atoms with E-state index in [1.54, 1.807) is 12.1 Å². The van der Waals surface area contributed by atoms with Crippen LogP contribution in [0.4, 0.5) is 4.39 Å². The van der Waals surface area contributed by atoms with Gasteiger partial charge in [-0.1, -0.05) is 55.7 Å². The Kier molecular flexibility index (Phi) is 6.53. The number of hydrogen-bond donors (Lipinski definition) is 1. The van der Waals surface area contributed by atoms with Gasteiger partial charge in [0.25, 0.3) is 0 Å². The molecule has 4 nitrogen and oxygen atoms in total. The van der Waals surface area contributed by atoms with E-state index in [1.165, 1.54) is 29.7 Å². The lowest BCUT2D eigenvalue weighted by molar-refractivity contribution is -0.128. The largest absolute Gasteiger partial charge is 0.365 e. The van der Waals surface area contributed by atoms with E-state index in [0.717, 1.165) is 76.8 Å². The fourth-order valence-electron chi connectivity index (χ4n) is 6.18. The first-order valence-electron chi connectivity index (χ1n) is 12.6. The highest BCUT2D eigenvalue weighted by Gasteiger charge is 2.43. The van der Waals surface area contributed by atoms with Crippen molar-refractivity contribution in [2.75, 3.05) is 26.2 Å². The van der Waals surface area contributed by atoms with Crippen LogP contribution in [-0.2, 0) is 27.2 Å². The number of piperidine rings is 1. The summed E-state index contributed by atoms with van der Waals surface area (Å²) in [6.07, 6.45) is 7.96. The lowest BCUT2D eigenvalue weighted by Gasteiger charge is -2.39. The maximum Gasteiger partial charge on any atom is 0.230 e. The molecule has 1 amide bonds. The van der Waals surface area contributed by atoms with Crippen LogP contribution < -0.4 is 5.32 Å². The second-order valence-electron chi connectivity index (χ2n) is 10.0. The fourth-order valence-corrected chi connectivity index (χ4v) is 6.18. The number of likely N-dealkylation sites (tertiary alicyclic amines) is 1. The Morgan fingerprint density at radius 1 is 0.970 bits per heavy atom. The SMILES string of the molecule is O=C(NCCCN1CCC2(CC1)OCc1ccccc12)C1(c2ccc(F)cc2)CCCCC1. The summed E-state index contributed by atoms with van der Waals surface area (Å²) in [6, 6.07) is 15.2. The van der Waals surface area contributed by atoms with Gasteiger partial charge in [-0.2, -0.15) is 0 Å². The van der Waals surface area contributed by atoms with E-state index in [4.69, 9.17) is 4.74 Å². The maximum atomic E-state index is 13.5. The minimum atomic E-state index is -0.503. The lowest BCUT2D eigenvalue weighted by atomic mass is 9.68. The molecule has 0 radical (unpaired) electrons. The molecule has 0 aromatic heterocycles. The zero-order chi connectivity index (χ0) is 22.7. The van der Waals surface area contributed by atoms with Gasteiger partial charge in [-0.3, -0.25) is 4.79 Å². The predicted molar refractivity (Wildman–Crippen MR) is 127 cm³/mol. The van der Waals surface area contributed by atoms with Gasteiger partial charge in [0.2, 0.25) is 5.91 Å². The third-order valence-corrected chi connectivity index (χ3v) is 8.15. The van der Waals surface area contributed by atoms with Crippen LogP contribution in [0.2, 0.25) is 0 Å². The third-order valence-electron chi connectivity index (χ3n) is 8.15. The van der Waals surface area contributed by atoms with Crippen molar-refractivity contribution in [2.24, 2.45) is 0 Å². The number of amides is 1. The molecule has 2 fully saturated rings. The van der Waals surface area contributed by atoms with Crippen molar-refractivity contribution in [1.82, 2.24) is 10.2 Å². The molecule has 1 spiro atoms. The van der Waals surface area contributed by atoms with Crippen LogP contribution in [-0.4, -0.2) is 37.0 Å². The molecule has 0 atom stereocenters. The Morgan fingerprint density at radius 3 is 2.45 bits per heavy atom. The van der Waals surface area contributed by atoms with Crippen LogP contribution >= 0.6 is 0 Å². The number of nitrogens with zero attached hydrogens (tertiary/aromatic N) is 1. The molecule has 5 rings (SSSR count). The van der Waals surface area contributed by atoms with Crippen molar-refractivity contribution in [3.63, 3.8) is 0 Å². The summed E-state index contributed by atoms with van der Waals surface area (Å²) in [6.45, 7) is 4.46. The maximum absolute atomic E-state index is 13.5. The van der Waals surface area contributed by atoms with Crippen molar-refractivity contribution in [3.05, 3.63) is 71.0 Å². The van der Waals surface area contributed by atoms with E-state index >= 15 is 0 Å². The predicted octanol–water partition coefficient (Wildman–Crippen LogP) is 5.06. The molecule has 2 aliphatic heterocycles. The number of hydrogen-bond acceptors (Lipinski definition) is 3. The minimum Gasteiger partial charge on any atom is -0.365 e. The van der Waals surface area contributed by atoms with E-state index in [1.807, 2.05) is 0 Å². The average molecular weight is 451 g/mol. The van der Waals surface area contributed by atoms with E-state index in [9.17, 15) is 9.18 Å². The first kappa shape index (κ1) is 22.5. The molecule has 2 aromatic carbocycles. The highest BCUT2D eigenvalue weighted by atomic mass is 19.1. The van der Waals surface area contributed by atoms with Gasteiger partial charge in [-0.25, -0.2) is 4.39 Å². The van der Waals surface area contributed by atoms with E-state index in [2.05, 4.69) is 34.5 Å². The van der Waals surface area contributed by atoms with Gasteiger partial charge in [0.05, 0.1) is 17.6 Å². The van der Waals surface area contributed by atoms with Gasteiger partial charge in [-0.05, 0) is 67.5 Å². The number of benzene rings is 2. The molecule has 1 saturated carbocycles. The Balaban J connectivity index is 1.12. The van der Waals surface area contributed by atoms with Crippen LogP contribution in [0.15, 0.2) is 48.5 Å². The number of halogens is 1. The van der Waals surface area contributed by atoms with Gasteiger partial charge in [0.1, 0.15) is 5.82 Å². The molecule has 1 saturated heterocycles. The van der Waals surface area contributed by atoms with Gasteiger partial charge in [0.15, 0.2) is 0 Å². The second kappa shape index (κ2) is 9.55. The van der Waals surface area contributed by atoms with Gasteiger partial charge >= 0.3 is 0 Å². The monoisotopic (exact) mass is 450 g/mol. The topological polar surface area (TPSA) is 41.6 Å². The van der Waals surface area contributed by atoms with E-state index in [-0.39, 0.29) is 17.3 Å². The van der Waals surface area contributed by atoms with Crippen LogP contribution in [0.5, 0.6) is 0 Å². The summed E-state index contributed by atoms with van der Waals surface area (Å²) in [5.74, 6) is -0.137. The molecule has 2 aromatic rings. The summed E-state index contributed by atoms with van der Waals surface area (Å²) in [5, 5.41) is 3.22. The number of rotatable bonds is 6. The average Bonchev–Trinajstić information content (AvgIpc) is 3.22. The molecular weight excluding hydrogens is 415 g/mol. The van der Waals surface area contributed by atoms with Gasteiger partial charge in [0, 0.05) is 19.6 Å². The minimum absolute atomic E-state index is 0.0934. The summed E-state index contributed by atoms with van der Waals surface area (Å²) in [7, 11) is 0. The van der Waals surface area contributed by atoms with E-state index < -0.39 is 5.41 Å². The van der Waals surface area contributed by atoms with Crippen LogP contribution in [0.3, 0.4) is 0 Å². The quantitative estimate of drug-likeness (QED) is 0.626. The summed E-state index contributed by atoms with van der Waals surface area (Å²) in [5.41, 5.74) is 3.08. The fraction of sp³-hybridized carbons (Fsp3) is 0.536. The number of ether oxygens (including phenoxy) is 1. The Morgan fingerprint density at radius 2 is 1.70 bits per heavy atom. The van der Waals surface area contributed by atoms with E-state index in [0.29, 0.717) is 6.54 Å². The van der Waals surface area contributed by atoms with Crippen LogP contribution in [0.25, 0.3) is 0 Å². The van der Waals surface area contributed by atoms with Crippen molar-refractivity contribution < 1.29 is 13.9 Å². The smallest absolute Gasteiger partial charge is 0.230 e. The van der Waals surface area contributed by atoms with Crippen molar-refractivity contribution in [2.45, 2.75) is 69.0 Å². The number of carbonyl (C=O) groups excluding carboxylic acids is 1. The number of fused-ring (bicyclic) bond motifs is 2. The molecule has 0 unspecified atom stereocenters. The van der Waals surface area contributed by atoms with Gasteiger partial charge in [-0.15, -0.1) is 0 Å². The normalized spacial score (nSPS) is 21.6. The molecule has 1 aliphatic carbocycles. The first-order valence-corrected chi connectivity index (χ1v) is 12.6. The molecular formula is C28H35FN2O2. The molecule has 2 heterocycles. The zero-order valence-electron chi connectivity index (χ0n) is 19.5. The van der Waals surface area contributed by atoms with Crippen molar-refractivity contribution >= 4 is 5.91 Å². The Hall–Kier alpha value is -2.24. The summed E-state index contributed by atoms with van der Waals surface area (Å²) >= 11 is 0. The lowest BCUT2D eigenvalue weighted by Crippen LogP contribution is -2.47. The second-order valence-corrected chi connectivity index (χ2v) is 10.0. The highest BCUT2D eigenvalue weighted by Crippen LogP contribution is 2.44. The Labute approximate surface area is 196 Å². The first-order chi connectivity index (χ1) is 16.1. The van der Waals surface area contributed by atoms with Crippen LogP contribution in [0.1, 0.15) is 68.1 Å². The highest BCUT2D eigenvalue weighted by molar-refractivity contribution is 5.88. The van der Waals surface area contributed by atoms with Gasteiger partial charge < -0.3 is 15.0 Å². The van der Waals surface area contributed by atoms with Crippen molar-refractivity contribution in [1.29, 1.82) is 0 Å². The third kappa shape index (κ3) is 4.45. The number of carbonyl (C=O) groups is 1. The zero-order valence-corrected chi connectivity index (χ0v) is 19.5. The standard InChI is InChI=1S/C28H35FN2O2/c29-24-11-9-23(10-12-24)27(13-4-1-5-14-27)26(32)30-17-6-18-31-19-15-28(16-20-31)25-8-3-2-7-22(25)21-33-28/h2-3,7-12H,1,4-6,13-21H2,(H,30,32). The van der Waals surface area contributed by atoms with Crippen molar-refractivity contribution in [3.8, 4) is 0 Å². The Bertz CT molecular complexity index is 960. The molecule has 0 bridgehead atoms. The molecule has 1 N–H and O–H groups in total. The molecule has 3 aliphatic rings. The summed E-state index contributed by atoms with van der Waals surface area (Å²) in [4.78, 5) is 15.8. The number of nitrogens with one attached hydrogen (secondary N) is 1. The molecule has 33 heavy (non-hydrogen) atoms. The summed E-state index contributed by atoms with van der Waals surface area (Å²) < 4.78 is 19.7. The van der Waals surface area contributed by atoms with Crippen LogP contribution in [0, 0.1) is 5.82 Å². The molecule has 5 heteroatoms.